The number of benzene rings is 2. The molecule has 0 unspecified atom stereocenters. The summed E-state index contributed by atoms with van der Waals surface area (Å²) in [6.07, 6.45) is 0. The van der Waals surface area contributed by atoms with Crippen molar-refractivity contribution in [2.75, 3.05) is 0 Å². The number of amides is 1. The maximum Gasteiger partial charge on any atom is 0.342 e. The Morgan fingerprint density at radius 3 is 2.48 bits per heavy atom. The molecule has 1 aromatic heterocycles. The van der Waals surface area contributed by atoms with Crippen molar-refractivity contribution >= 4 is 46.5 Å². The van der Waals surface area contributed by atoms with Gasteiger partial charge in [0.05, 0.1) is 20.7 Å². The molecule has 1 amide bonds. The molecule has 0 radical (unpaired) electrons. The average molecular weight is 492 g/mol. The van der Waals surface area contributed by atoms with Gasteiger partial charge in [0.2, 0.25) is 0 Å². The van der Waals surface area contributed by atoms with Crippen LogP contribution in [0.25, 0.3) is 11.3 Å². The van der Waals surface area contributed by atoms with Gasteiger partial charge in [-0.1, -0.05) is 29.3 Å². The van der Waals surface area contributed by atoms with E-state index >= 15 is 0 Å². The van der Waals surface area contributed by atoms with Gasteiger partial charge in [0.25, 0.3) is 11.6 Å². The lowest BCUT2D eigenvalue weighted by Crippen LogP contribution is -2.20. The molecule has 0 saturated carbocycles. The smallest absolute Gasteiger partial charge is 0.342 e. The third-order valence-electron chi connectivity index (χ3n) is 4.57. The van der Waals surface area contributed by atoms with E-state index in [1.807, 2.05) is 0 Å². The van der Waals surface area contributed by atoms with Crippen molar-refractivity contribution < 1.29 is 24.7 Å². The number of nitrogens with zero attached hydrogens (tertiary/aromatic N) is 4. The molecule has 0 aliphatic heterocycles. The van der Waals surface area contributed by atoms with E-state index in [1.54, 1.807) is 25.2 Å². The molecule has 0 spiro atoms. The molecular formula is C20H15Cl2N5O6. The number of hydrogen-bond donors (Lipinski definition) is 3. The number of aromatic hydroxyl groups is 1. The molecule has 0 aliphatic carbocycles. The fourth-order valence-corrected chi connectivity index (χ4v) is 3.28. The predicted molar refractivity (Wildman–Crippen MR) is 120 cm³/mol. The lowest BCUT2D eigenvalue weighted by Gasteiger charge is -2.05. The van der Waals surface area contributed by atoms with Crippen molar-refractivity contribution in [3.05, 3.63) is 73.4 Å². The lowest BCUT2D eigenvalue weighted by molar-refractivity contribution is -0.385. The van der Waals surface area contributed by atoms with Gasteiger partial charge in [-0.05, 0) is 31.2 Å². The summed E-state index contributed by atoms with van der Waals surface area (Å²) in [5, 5.41) is 39.6. The Morgan fingerprint density at radius 1 is 1.18 bits per heavy atom. The Kier molecular flexibility index (Phi) is 6.65. The lowest BCUT2D eigenvalue weighted by atomic mass is 10.1. The minimum atomic E-state index is -1.49. The third-order valence-corrected chi connectivity index (χ3v) is 5.31. The first-order valence-corrected chi connectivity index (χ1v) is 9.85. The number of nitro benzene ring substituents is 1. The van der Waals surface area contributed by atoms with E-state index in [-0.39, 0.29) is 27.7 Å². The monoisotopic (exact) mass is 491 g/mol. The van der Waals surface area contributed by atoms with Crippen LogP contribution >= 0.6 is 23.2 Å². The number of carboxylic acid groups (broad SMARTS) is 1. The Morgan fingerprint density at radius 2 is 1.88 bits per heavy atom. The van der Waals surface area contributed by atoms with Crippen LogP contribution in [0, 0.1) is 10.1 Å². The molecule has 3 rings (SSSR count). The number of rotatable bonds is 6. The van der Waals surface area contributed by atoms with E-state index in [1.165, 1.54) is 11.6 Å². The summed E-state index contributed by atoms with van der Waals surface area (Å²) in [4.78, 5) is 33.7. The van der Waals surface area contributed by atoms with Crippen LogP contribution in [0.15, 0.2) is 41.5 Å². The number of nitro groups is 1. The Labute approximate surface area is 196 Å². The van der Waals surface area contributed by atoms with Gasteiger partial charge in [0.15, 0.2) is 11.4 Å². The fourth-order valence-electron chi connectivity index (χ4n) is 2.98. The summed E-state index contributed by atoms with van der Waals surface area (Å²) in [6.45, 7) is 1.48. The summed E-state index contributed by atoms with van der Waals surface area (Å²) < 4.78 is 1.40. The molecule has 2 aromatic carbocycles. The fraction of sp³-hybridized carbons (Fsp3) is 0.100. The van der Waals surface area contributed by atoms with E-state index in [2.05, 4.69) is 15.6 Å². The predicted octanol–water partition coefficient (Wildman–Crippen LogP) is 3.86. The molecule has 1 heterocycles. The molecule has 0 saturated heterocycles. The molecule has 0 fully saturated rings. The van der Waals surface area contributed by atoms with Gasteiger partial charge in [0, 0.05) is 24.2 Å². The van der Waals surface area contributed by atoms with E-state index in [0.29, 0.717) is 16.3 Å². The number of hydrazone groups is 1. The van der Waals surface area contributed by atoms with Crippen LogP contribution in [-0.2, 0) is 7.05 Å². The minimum absolute atomic E-state index is 0.0751. The van der Waals surface area contributed by atoms with Crippen molar-refractivity contribution in [1.29, 1.82) is 0 Å². The number of aryl methyl sites for hydroxylation is 1. The molecule has 0 bridgehead atoms. The molecule has 33 heavy (non-hydrogen) atoms. The first-order chi connectivity index (χ1) is 15.5. The van der Waals surface area contributed by atoms with Gasteiger partial charge >= 0.3 is 5.97 Å². The van der Waals surface area contributed by atoms with Gasteiger partial charge in [-0.15, -0.1) is 0 Å². The zero-order chi connectivity index (χ0) is 24.4. The highest BCUT2D eigenvalue weighted by molar-refractivity contribution is 6.42. The van der Waals surface area contributed by atoms with E-state index in [0.717, 1.165) is 18.2 Å². The number of carbonyl (C=O) groups is 2. The molecule has 0 atom stereocenters. The molecule has 11 nitrogen and oxygen atoms in total. The highest BCUT2D eigenvalue weighted by atomic mass is 35.5. The number of carbonyl (C=O) groups excluding carboxylic acids is 1. The standard InChI is InChI=1S/C20H15Cl2N5O6/c1-9(16-18(28)17(26(2)25-16)10-4-6-13(21)14(22)7-10)23-24-19(29)11-3-5-12(20(30)31)15(8-11)27(32)33/h3-8,28H,1-2H3,(H,24,29)(H,30,31)/b23-9-. The number of nitrogens with one attached hydrogen (secondary N) is 1. The van der Waals surface area contributed by atoms with Crippen molar-refractivity contribution in [2.24, 2.45) is 12.1 Å². The maximum absolute atomic E-state index is 12.4. The third kappa shape index (κ3) is 4.78. The number of carboxylic acids is 1. The highest BCUT2D eigenvalue weighted by Crippen LogP contribution is 2.35. The Balaban J connectivity index is 1.88. The van der Waals surface area contributed by atoms with Gasteiger partial charge < -0.3 is 10.2 Å². The quantitative estimate of drug-likeness (QED) is 0.268. The SMILES string of the molecule is C/C(=N/NC(=O)c1ccc(C(=O)O)c([N+](=O)[O-])c1)c1nn(C)c(-c2ccc(Cl)c(Cl)c2)c1O. The van der Waals surface area contributed by atoms with Gasteiger partial charge in [0.1, 0.15) is 11.3 Å². The van der Waals surface area contributed by atoms with Crippen LogP contribution < -0.4 is 5.43 Å². The van der Waals surface area contributed by atoms with E-state index in [4.69, 9.17) is 28.3 Å². The molecule has 0 aliphatic rings. The van der Waals surface area contributed by atoms with Crippen LogP contribution in [0.5, 0.6) is 5.75 Å². The van der Waals surface area contributed by atoms with Crippen LogP contribution in [0.1, 0.15) is 33.3 Å². The second-order valence-corrected chi connectivity index (χ2v) is 7.55. The highest BCUT2D eigenvalue weighted by Gasteiger charge is 2.23. The minimum Gasteiger partial charge on any atom is -0.504 e. The van der Waals surface area contributed by atoms with Crippen LogP contribution in [0.2, 0.25) is 10.0 Å². The Bertz CT molecular complexity index is 1330. The Hall–Kier alpha value is -3.96. The van der Waals surface area contributed by atoms with Crippen molar-refractivity contribution in [2.45, 2.75) is 6.92 Å². The summed E-state index contributed by atoms with van der Waals surface area (Å²) in [5.41, 5.74) is 1.84. The van der Waals surface area contributed by atoms with Crippen molar-refractivity contribution in [3.8, 4) is 17.0 Å². The second kappa shape index (κ2) is 9.27. The summed E-state index contributed by atoms with van der Waals surface area (Å²) >= 11 is 12.0. The topological polar surface area (TPSA) is 160 Å². The van der Waals surface area contributed by atoms with Gasteiger partial charge in [-0.3, -0.25) is 19.6 Å². The molecule has 170 valence electrons. The number of aromatic nitrogens is 2. The van der Waals surface area contributed by atoms with Crippen LogP contribution in [0.3, 0.4) is 0 Å². The van der Waals surface area contributed by atoms with Gasteiger partial charge in [-0.2, -0.15) is 10.2 Å². The molecule has 3 aromatic rings. The molecule has 3 N–H and O–H groups in total. The van der Waals surface area contributed by atoms with Crippen LogP contribution in [-0.4, -0.2) is 42.5 Å². The van der Waals surface area contributed by atoms with E-state index < -0.39 is 28.1 Å². The van der Waals surface area contributed by atoms with Gasteiger partial charge in [-0.25, -0.2) is 10.2 Å². The van der Waals surface area contributed by atoms with Crippen molar-refractivity contribution in [1.82, 2.24) is 15.2 Å². The van der Waals surface area contributed by atoms with E-state index in [9.17, 15) is 24.8 Å². The zero-order valence-corrected chi connectivity index (χ0v) is 18.5. The summed E-state index contributed by atoms with van der Waals surface area (Å²) in [5.74, 6) is -2.53. The average Bonchev–Trinajstić information content (AvgIpc) is 3.07. The summed E-state index contributed by atoms with van der Waals surface area (Å²) in [7, 11) is 1.59. The zero-order valence-electron chi connectivity index (χ0n) is 17.0. The first kappa shape index (κ1) is 23.7. The number of halogens is 2. The van der Waals surface area contributed by atoms with Crippen LogP contribution in [0.4, 0.5) is 5.69 Å². The molecular weight excluding hydrogens is 477 g/mol. The van der Waals surface area contributed by atoms with Crippen molar-refractivity contribution in [3.63, 3.8) is 0 Å². The second-order valence-electron chi connectivity index (χ2n) is 6.73. The largest absolute Gasteiger partial charge is 0.504 e. The summed E-state index contributed by atoms with van der Waals surface area (Å²) in [6, 6.07) is 7.70. The maximum atomic E-state index is 12.4. The first-order valence-electron chi connectivity index (χ1n) is 9.09. The molecule has 13 heteroatoms. The normalized spacial score (nSPS) is 11.3. The number of aromatic carboxylic acids is 1. The number of hydrogen-bond acceptors (Lipinski definition) is 7.